The Balaban J connectivity index is 0.000000141. The van der Waals surface area contributed by atoms with Crippen LogP contribution in [0.2, 0.25) is 0 Å². The van der Waals surface area contributed by atoms with Gasteiger partial charge in [0, 0.05) is 176 Å². The highest BCUT2D eigenvalue weighted by Crippen LogP contribution is 2.53. The van der Waals surface area contributed by atoms with Gasteiger partial charge in [0.15, 0.2) is 34.9 Å². The van der Waals surface area contributed by atoms with E-state index in [0.717, 1.165) is 199 Å². The van der Waals surface area contributed by atoms with Crippen molar-refractivity contribution in [3.63, 3.8) is 0 Å². The smallest absolute Gasteiger partial charge is 0.164 e. The van der Waals surface area contributed by atoms with E-state index in [1.54, 1.807) is 49.6 Å². The third-order valence-electron chi connectivity index (χ3n) is 28.0. The number of para-hydroxylation sites is 7. The fourth-order valence-electron chi connectivity index (χ4n) is 21.8. The Morgan fingerprint density at radius 1 is 0.160 bits per heavy atom. The minimum absolute atomic E-state index is 0.552. The Bertz CT molecular complexity index is 9870. The van der Waals surface area contributed by atoms with E-state index >= 15 is 0 Å². The molecule has 29 aromatic rings. The summed E-state index contributed by atoms with van der Waals surface area (Å²) in [5, 5.41) is 13.7. The zero-order chi connectivity index (χ0) is 94.8. The van der Waals surface area contributed by atoms with Crippen LogP contribution >= 0.6 is 0 Å². The van der Waals surface area contributed by atoms with Crippen LogP contribution < -0.4 is 0 Å². The molecule has 16 heteroatoms. The highest BCUT2D eigenvalue weighted by molar-refractivity contribution is 6.33. The minimum atomic E-state index is 0.552. The molecule has 0 amide bonds. The van der Waals surface area contributed by atoms with E-state index in [9.17, 15) is 0 Å². The maximum Gasteiger partial charge on any atom is 0.164 e. The van der Waals surface area contributed by atoms with Crippen molar-refractivity contribution < 1.29 is 4.42 Å². The fraction of sp³-hybridized carbons (Fsp3) is 0. The molecule has 0 aliphatic heterocycles. The molecule has 0 spiro atoms. The zero-order valence-electron chi connectivity index (χ0n) is 77.2. The number of furan rings is 1. The number of rotatable bonds is 15. The number of hydrogen-bond acceptors (Lipinski definition) is 11. The maximum atomic E-state index is 7.34. The molecule has 0 unspecified atom stereocenters. The van der Waals surface area contributed by atoms with Gasteiger partial charge < -0.3 is 27.3 Å². The van der Waals surface area contributed by atoms with Crippen LogP contribution in [0.1, 0.15) is 0 Å². The first-order valence-corrected chi connectivity index (χ1v) is 48.1. The quantitative estimate of drug-likeness (QED) is 0.0958. The lowest BCUT2D eigenvalue weighted by molar-refractivity contribution is 0.677. The second-order valence-corrected chi connectivity index (χ2v) is 36.1. The van der Waals surface area contributed by atoms with E-state index in [1.165, 1.54) is 38.0 Å². The summed E-state index contributed by atoms with van der Waals surface area (Å²) < 4.78 is 19.6. The highest BCUT2D eigenvalue weighted by Gasteiger charge is 2.32. The molecular weight excluding hydrogens is 1760 g/mol. The molecule has 0 saturated carbocycles. The Labute approximate surface area is 824 Å². The molecule has 0 radical (unpaired) electrons. The molecule has 0 saturated heterocycles. The average Bonchev–Trinajstić information content (AvgIpc) is 1.53. The molecule has 0 aliphatic carbocycles. The van der Waals surface area contributed by atoms with Gasteiger partial charge in [0.25, 0.3) is 0 Å². The minimum Gasteiger partial charge on any atom is -0.455 e. The third kappa shape index (κ3) is 13.5. The van der Waals surface area contributed by atoms with Crippen molar-refractivity contribution >= 4 is 131 Å². The first kappa shape index (κ1) is 82.4. The standard InChI is InChI=1S/C67H42N8.C61H37N7O/c1-5-17-43(18-6-1)54-41-47(67-71-65(45-33-37-68-38-34-45)70-66(72-67)46-35-39-69-40-36-46)42-55(44-19-7-2-8-20-44)62(54)75-57-28-16-14-26-53(57)61-59(75)32-30-51-50-29-31-58-60(63(50)74(64(51)61)49-23-11-4-12-24-49)52-25-13-15-27-56(52)73(58)48-21-9-3-10-22-48;1-4-14-38(15-5-1)48-36-42(61-65-59(40-28-32-62-33-29-40)64-60(66-61)41-30-34-63-35-31-41)37-49(39-16-6-2-7-17-39)56(48)68-51-23-13-11-21-47(51)55-53(68)27-25-45-44-24-26-52-54(57(44)69-58(45)55)46-20-10-12-22-50(46)67(52)43-18-8-3-9-19-43/h1-42H;1-37H. The van der Waals surface area contributed by atoms with E-state index in [4.69, 9.17) is 34.3 Å². The van der Waals surface area contributed by atoms with Crippen molar-refractivity contribution in [2.24, 2.45) is 0 Å². The van der Waals surface area contributed by atoms with Crippen molar-refractivity contribution in [1.29, 1.82) is 0 Å². The summed E-state index contributed by atoms with van der Waals surface area (Å²) in [4.78, 5) is 48.0. The van der Waals surface area contributed by atoms with Gasteiger partial charge in [-0.3, -0.25) is 19.9 Å². The summed E-state index contributed by atoms with van der Waals surface area (Å²) in [6, 6.07) is 153. The van der Waals surface area contributed by atoms with Gasteiger partial charge in [-0.25, -0.2) is 29.9 Å². The summed E-state index contributed by atoms with van der Waals surface area (Å²) in [6.07, 6.45) is 14.1. The van der Waals surface area contributed by atoms with Gasteiger partial charge in [0.2, 0.25) is 0 Å². The fourth-order valence-corrected chi connectivity index (χ4v) is 21.8. The van der Waals surface area contributed by atoms with Crippen LogP contribution in [0, 0.1) is 0 Å². The van der Waals surface area contributed by atoms with Crippen LogP contribution in [0.15, 0.2) is 485 Å². The highest BCUT2D eigenvalue weighted by atomic mass is 16.3. The molecule has 16 nitrogen and oxygen atoms in total. The molecule has 12 heterocycles. The van der Waals surface area contributed by atoms with Crippen LogP contribution in [-0.2, 0) is 0 Å². The first-order chi connectivity index (χ1) is 71.5. The van der Waals surface area contributed by atoms with Crippen molar-refractivity contribution in [2.75, 3.05) is 0 Å². The number of aromatic nitrogens is 15. The van der Waals surface area contributed by atoms with Crippen LogP contribution in [0.4, 0.5) is 0 Å². The molecule has 0 fully saturated rings. The van der Waals surface area contributed by atoms with Crippen molar-refractivity contribution in [3.05, 3.63) is 480 Å². The van der Waals surface area contributed by atoms with E-state index in [1.807, 2.05) is 48.5 Å². The Morgan fingerprint density at radius 3 is 0.694 bits per heavy atom. The first-order valence-electron chi connectivity index (χ1n) is 48.1. The molecule has 672 valence electrons. The SMILES string of the molecule is c1ccc(-c2cc(-c3nc(-c4ccncc4)nc(-c4ccncc4)n3)cc(-c3ccccc3)c2-n2c3ccccc3c3c2ccc2c4ccc5c(c6ccccc6n5-c5ccccc5)c4n(-c4ccccc4)c23)cc1.c1ccc(-c2cc(-c3nc(-c4ccncc4)nc(-c4ccncc4)n3)cc(-c3ccccc3)c2-n2c3ccccc3c3c4oc5c(ccc6c5c5ccccc5n6-c5ccccc5)c4ccc32)cc1. The monoisotopic (exact) mass is 1840 g/mol. The maximum absolute atomic E-state index is 7.34. The second kappa shape index (κ2) is 34.1. The molecule has 0 N–H and O–H groups in total. The topological polar surface area (TPSA) is 167 Å². The van der Waals surface area contributed by atoms with Gasteiger partial charge >= 0.3 is 0 Å². The number of benzene rings is 17. The van der Waals surface area contributed by atoms with Crippen LogP contribution in [0.5, 0.6) is 0 Å². The lowest BCUT2D eigenvalue weighted by atomic mass is 9.92. The Kier molecular flexibility index (Phi) is 19.5. The molecule has 12 aromatic heterocycles. The van der Waals surface area contributed by atoms with Crippen LogP contribution in [-0.4, -0.2) is 72.7 Å². The van der Waals surface area contributed by atoms with Gasteiger partial charge in [-0.15, -0.1) is 0 Å². The lowest BCUT2D eigenvalue weighted by Gasteiger charge is -2.21. The van der Waals surface area contributed by atoms with E-state index in [0.29, 0.717) is 34.9 Å². The van der Waals surface area contributed by atoms with Crippen LogP contribution in [0.3, 0.4) is 0 Å². The number of fused-ring (bicyclic) bond motifs is 22. The molecule has 17 aromatic carbocycles. The van der Waals surface area contributed by atoms with E-state index in [2.05, 4.69) is 425 Å². The van der Waals surface area contributed by atoms with Crippen LogP contribution in [0.25, 0.3) is 272 Å². The summed E-state index contributed by atoms with van der Waals surface area (Å²) in [5.41, 5.74) is 31.8. The molecule has 0 atom stereocenters. The molecular formula is C128H79N15O. The largest absolute Gasteiger partial charge is 0.455 e. The Morgan fingerprint density at radius 2 is 0.389 bits per heavy atom. The van der Waals surface area contributed by atoms with E-state index in [-0.39, 0.29) is 0 Å². The summed E-state index contributed by atoms with van der Waals surface area (Å²) in [6.45, 7) is 0. The number of hydrogen-bond donors (Lipinski definition) is 0. The van der Waals surface area contributed by atoms with Gasteiger partial charge in [-0.2, -0.15) is 0 Å². The van der Waals surface area contributed by atoms with Crippen molar-refractivity contribution in [1.82, 2.24) is 72.7 Å². The normalized spacial score (nSPS) is 11.8. The molecule has 0 aliphatic rings. The van der Waals surface area contributed by atoms with Gasteiger partial charge in [-0.05, 0) is 192 Å². The number of nitrogens with zero attached hydrogens (tertiary/aromatic N) is 15. The predicted molar refractivity (Wildman–Crippen MR) is 584 cm³/mol. The molecule has 29 rings (SSSR count). The lowest BCUT2D eigenvalue weighted by Crippen LogP contribution is -2.04. The second-order valence-electron chi connectivity index (χ2n) is 36.1. The van der Waals surface area contributed by atoms with Gasteiger partial charge in [-0.1, -0.05) is 261 Å². The molecule has 0 bridgehead atoms. The van der Waals surface area contributed by atoms with Gasteiger partial charge in [0.05, 0.1) is 77.3 Å². The summed E-state index contributed by atoms with van der Waals surface area (Å²) in [5.74, 6) is 3.34. The van der Waals surface area contributed by atoms with Gasteiger partial charge in [0.1, 0.15) is 11.2 Å². The molecule has 144 heavy (non-hydrogen) atoms. The third-order valence-corrected chi connectivity index (χ3v) is 28.0. The van der Waals surface area contributed by atoms with Crippen molar-refractivity contribution in [2.45, 2.75) is 0 Å². The summed E-state index contributed by atoms with van der Waals surface area (Å²) >= 11 is 0. The number of pyridine rings is 4. The predicted octanol–water partition coefficient (Wildman–Crippen LogP) is 31.4. The summed E-state index contributed by atoms with van der Waals surface area (Å²) in [7, 11) is 0. The van der Waals surface area contributed by atoms with Crippen molar-refractivity contribution in [3.8, 4) is 141 Å². The average molecular weight is 1840 g/mol. The zero-order valence-corrected chi connectivity index (χ0v) is 77.2. The Hall–Kier alpha value is -19.8. The van der Waals surface area contributed by atoms with E-state index < -0.39 is 0 Å².